The molecule has 2 unspecified atom stereocenters. The van der Waals surface area contributed by atoms with Crippen LogP contribution >= 0.6 is 0 Å². The summed E-state index contributed by atoms with van der Waals surface area (Å²) in [7, 11) is 0. The first-order valence-electron chi connectivity index (χ1n) is 6.28. The lowest BCUT2D eigenvalue weighted by Crippen LogP contribution is -2.47. The molecule has 0 aromatic carbocycles. The van der Waals surface area contributed by atoms with Gasteiger partial charge < -0.3 is 16.0 Å². The number of rotatable bonds is 3. The second-order valence-electron chi connectivity index (χ2n) is 4.72. The molecule has 1 aromatic heterocycles. The lowest BCUT2D eigenvalue weighted by molar-refractivity contribution is -0.127. The van der Waals surface area contributed by atoms with Gasteiger partial charge in [0.2, 0.25) is 5.91 Å². The Morgan fingerprint density at radius 3 is 3.05 bits per heavy atom. The summed E-state index contributed by atoms with van der Waals surface area (Å²) in [5, 5.41) is 9.31. The first-order valence-corrected chi connectivity index (χ1v) is 6.28. The molecule has 2 atom stereocenters. The van der Waals surface area contributed by atoms with E-state index in [1.54, 1.807) is 0 Å². The third-order valence-corrected chi connectivity index (χ3v) is 3.31. The lowest BCUT2D eigenvalue weighted by Gasteiger charge is -2.31. The molecule has 0 radical (unpaired) electrons. The number of piperidine rings is 1. The maximum absolute atomic E-state index is 12.1. The molecule has 1 fully saturated rings. The van der Waals surface area contributed by atoms with E-state index in [2.05, 4.69) is 20.5 Å². The van der Waals surface area contributed by atoms with Crippen LogP contribution in [0.15, 0.2) is 6.33 Å². The number of hydrogen-bond acceptors (Lipinski definition) is 4. The van der Waals surface area contributed by atoms with Crippen molar-refractivity contribution in [3.05, 3.63) is 12.2 Å². The number of aromatic nitrogens is 3. The second-order valence-corrected chi connectivity index (χ2v) is 4.72. The molecule has 0 spiro atoms. The van der Waals surface area contributed by atoms with Crippen LogP contribution in [0.25, 0.3) is 0 Å². The van der Waals surface area contributed by atoms with E-state index in [4.69, 9.17) is 5.73 Å². The van der Waals surface area contributed by atoms with E-state index in [-0.39, 0.29) is 17.9 Å². The Morgan fingerprint density at radius 2 is 2.42 bits per heavy atom. The van der Waals surface area contributed by atoms with Crippen molar-refractivity contribution in [1.82, 2.24) is 25.4 Å². The van der Waals surface area contributed by atoms with Gasteiger partial charge in [-0.2, -0.15) is 5.10 Å². The van der Waals surface area contributed by atoms with Gasteiger partial charge in [-0.25, -0.2) is 9.78 Å². The molecule has 1 aliphatic rings. The Hall–Kier alpha value is -2.12. The number of likely N-dealkylation sites (tertiary alicyclic amines) is 1. The van der Waals surface area contributed by atoms with Crippen molar-refractivity contribution in [1.29, 1.82) is 0 Å². The monoisotopic (exact) mass is 266 g/mol. The second kappa shape index (κ2) is 5.68. The maximum atomic E-state index is 12.1. The smallest absolute Gasteiger partial charge is 0.314 e. The Labute approximate surface area is 110 Å². The topological polar surface area (TPSA) is 117 Å². The predicted octanol–water partition coefficient (Wildman–Crippen LogP) is -0.227. The van der Waals surface area contributed by atoms with Gasteiger partial charge >= 0.3 is 6.03 Å². The molecule has 2 heterocycles. The van der Waals surface area contributed by atoms with Crippen molar-refractivity contribution >= 4 is 11.9 Å². The van der Waals surface area contributed by atoms with E-state index >= 15 is 0 Å². The number of nitrogens with zero attached hydrogens (tertiary/aromatic N) is 3. The van der Waals surface area contributed by atoms with Crippen LogP contribution in [-0.4, -0.2) is 45.1 Å². The molecule has 0 aliphatic carbocycles. The standard InChI is InChI=1S/C11H18N6O2/c1-7(9-13-6-14-16-9)15-10(18)8-3-2-4-17(5-8)11(12)19/h6-8H,2-5H2,1H3,(H2,12,19)(H,15,18)(H,13,14,16). The summed E-state index contributed by atoms with van der Waals surface area (Å²) in [6.45, 7) is 2.83. The van der Waals surface area contributed by atoms with Gasteiger partial charge in [-0.3, -0.25) is 9.89 Å². The van der Waals surface area contributed by atoms with Crippen LogP contribution < -0.4 is 11.1 Å². The molecular formula is C11H18N6O2. The highest BCUT2D eigenvalue weighted by Gasteiger charge is 2.28. The van der Waals surface area contributed by atoms with Crippen molar-refractivity contribution < 1.29 is 9.59 Å². The zero-order valence-electron chi connectivity index (χ0n) is 10.8. The van der Waals surface area contributed by atoms with Crippen LogP contribution in [0.3, 0.4) is 0 Å². The first-order chi connectivity index (χ1) is 9.08. The molecule has 0 bridgehead atoms. The molecule has 4 N–H and O–H groups in total. The number of hydrogen-bond donors (Lipinski definition) is 3. The lowest BCUT2D eigenvalue weighted by atomic mass is 9.97. The number of H-pyrrole nitrogens is 1. The minimum Gasteiger partial charge on any atom is -0.351 e. The van der Waals surface area contributed by atoms with Crippen molar-refractivity contribution in [3.63, 3.8) is 0 Å². The quantitative estimate of drug-likeness (QED) is 0.700. The van der Waals surface area contributed by atoms with E-state index in [0.29, 0.717) is 18.9 Å². The Morgan fingerprint density at radius 1 is 1.63 bits per heavy atom. The van der Waals surface area contributed by atoms with Gasteiger partial charge in [-0.1, -0.05) is 0 Å². The van der Waals surface area contributed by atoms with Crippen LogP contribution in [-0.2, 0) is 4.79 Å². The molecular weight excluding hydrogens is 248 g/mol. The summed E-state index contributed by atoms with van der Waals surface area (Å²) >= 11 is 0. The van der Waals surface area contributed by atoms with Crippen LogP contribution in [0.2, 0.25) is 0 Å². The van der Waals surface area contributed by atoms with Crippen molar-refractivity contribution in [2.75, 3.05) is 13.1 Å². The van der Waals surface area contributed by atoms with Crippen molar-refractivity contribution in [3.8, 4) is 0 Å². The van der Waals surface area contributed by atoms with E-state index in [1.165, 1.54) is 11.2 Å². The number of amides is 3. The normalized spacial score (nSPS) is 20.9. The van der Waals surface area contributed by atoms with E-state index in [9.17, 15) is 9.59 Å². The van der Waals surface area contributed by atoms with Gasteiger partial charge in [0.15, 0.2) is 0 Å². The minimum absolute atomic E-state index is 0.0881. The fraction of sp³-hybridized carbons (Fsp3) is 0.636. The summed E-state index contributed by atoms with van der Waals surface area (Å²) < 4.78 is 0. The number of carbonyl (C=O) groups excluding carboxylic acids is 2. The zero-order chi connectivity index (χ0) is 13.8. The van der Waals surface area contributed by atoms with Crippen LogP contribution in [0.5, 0.6) is 0 Å². The number of nitrogens with one attached hydrogen (secondary N) is 2. The summed E-state index contributed by atoms with van der Waals surface area (Å²) in [5.41, 5.74) is 5.24. The first kappa shape index (κ1) is 13.3. The van der Waals surface area contributed by atoms with Gasteiger partial charge in [-0.15, -0.1) is 0 Å². The molecule has 1 aromatic rings. The largest absolute Gasteiger partial charge is 0.351 e. The third kappa shape index (κ3) is 3.21. The van der Waals surface area contributed by atoms with Gasteiger partial charge in [-0.05, 0) is 19.8 Å². The minimum atomic E-state index is -0.471. The molecule has 3 amide bonds. The SMILES string of the molecule is CC(NC(=O)C1CCCN(C(N)=O)C1)c1ncn[nH]1. The molecule has 8 nitrogen and oxygen atoms in total. The van der Waals surface area contributed by atoms with Gasteiger partial charge in [0.05, 0.1) is 12.0 Å². The van der Waals surface area contributed by atoms with E-state index < -0.39 is 6.03 Å². The number of primary amides is 1. The maximum Gasteiger partial charge on any atom is 0.314 e. The summed E-state index contributed by atoms with van der Waals surface area (Å²) in [6, 6.07) is -0.709. The number of aromatic amines is 1. The van der Waals surface area contributed by atoms with E-state index in [1.807, 2.05) is 6.92 Å². The molecule has 19 heavy (non-hydrogen) atoms. The van der Waals surface area contributed by atoms with Gasteiger partial charge in [0.1, 0.15) is 12.2 Å². The highest BCUT2D eigenvalue weighted by Crippen LogP contribution is 2.17. The summed E-state index contributed by atoms with van der Waals surface area (Å²) in [6.07, 6.45) is 2.95. The number of nitrogens with two attached hydrogens (primary N) is 1. The van der Waals surface area contributed by atoms with Crippen LogP contribution in [0.1, 0.15) is 31.6 Å². The average molecular weight is 266 g/mol. The average Bonchev–Trinajstić information content (AvgIpc) is 2.92. The zero-order valence-corrected chi connectivity index (χ0v) is 10.8. The Bertz CT molecular complexity index is 446. The Kier molecular flexibility index (Phi) is 3.98. The fourth-order valence-electron chi connectivity index (χ4n) is 2.21. The van der Waals surface area contributed by atoms with Gasteiger partial charge in [0.25, 0.3) is 0 Å². The molecule has 1 saturated heterocycles. The van der Waals surface area contributed by atoms with Crippen molar-refractivity contribution in [2.24, 2.45) is 11.7 Å². The fourth-order valence-corrected chi connectivity index (χ4v) is 2.21. The number of urea groups is 1. The molecule has 104 valence electrons. The Balaban J connectivity index is 1.91. The molecule has 2 rings (SSSR count). The molecule has 1 aliphatic heterocycles. The highest BCUT2D eigenvalue weighted by molar-refractivity contribution is 5.80. The van der Waals surface area contributed by atoms with Gasteiger partial charge in [0, 0.05) is 13.1 Å². The molecule has 0 saturated carbocycles. The van der Waals surface area contributed by atoms with E-state index in [0.717, 1.165) is 12.8 Å². The van der Waals surface area contributed by atoms with Crippen LogP contribution in [0.4, 0.5) is 4.79 Å². The summed E-state index contributed by atoms with van der Waals surface area (Å²) in [4.78, 5) is 28.7. The van der Waals surface area contributed by atoms with Crippen molar-refractivity contribution in [2.45, 2.75) is 25.8 Å². The summed E-state index contributed by atoms with van der Waals surface area (Å²) in [5.74, 6) is 0.303. The third-order valence-electron chi connectivity index (χ3n) is 3.31. The predicted molar refractivity (Wildman–Crippen MR) is 66.8 cm³/mol. The highest BCUT2D eigenvalue weighted by atomic mass is 16.2. The molecule has 8 heteroatoms. The van der Waals surface area contributed by atoms with Crippen LogP contribution in [0, 0.1) is 5.92 Å². The number of carbonyl (C=O) groups is 2.